The van der Waals surface area contributed by atoms with Crippen LogP contribution in [0.1, 0.15) is 54.2 Å². The molecule has 1 aliphatic rings. The summed E-state index contributed by atoms with van der Waals surface area (Å²) < 4.78 is 0. The molecule has 1 heterocycles. The van der Waals surface area contributed by atoms with Gasteiger partial charge in [-0.15, -0.1) is 11.8 Å². The van der Waals surface area contributed by atoms with Crippen LogP contribution in [0.4, 0.5) is 0 Å². The topological polar surface area (TPSA) is 37.3 Å². The summed E-state index contributed by atoms with van der Waals surface area (Å²) in [6.07, 6.45) is 7.52. The van der Waals surface area contributed by atoms with Crippen molar-refractivity contribution in [1.29, 1.82) is 0 Å². The summed E-state index contributed by atoms with van der Waals surface area (Å²) in [5.74, 6) is 0.295. The Morgan fingerprint density at radius 3 is 2.50 bits per heavy atom. The first-order valence-electron chi connectivity index (χ1n) is 8.82. The van der Waals surface area contributed by atoms with Crippen LogP contribution in [-0.2, 0) is 5.41 Å². The van der Waals surface area contributed by atoms with Crippen LogP contribution in [0, 0.1) is 0 Å². The van der Waals surface area contributed by atoms with E-state index in [1.54, 1.807) is 12.1 Å². The third-order valence-corrected chi connectivity index (χ3v) is 5.88. The Morgan fingerprint density at radius 1 is 1.12 bits per heavy atom. The number of aromatic carboxylic acids is 1. The summed E-state index contributed by atoms with van der Waals surface area (Å²) in [6.45, 7) is 6.70. The van der Waals surface area contributed by atoms with Crippen molar-refractivity contribution >= 4 is 29.9 Å². The maximum atomic E-state index is 10.9. The molecule has 2 nitrogen and oxygen atoms in total. The van der Waals surface area contributed by atoms with Crippen LogP contribution in [0.5, 0.6) is 0 Å². The summed E-state index contributed by atoms with van der Waals surface area (Å²) in [6, 6.07) is 13.7. The fourth-order valence-electron chi connectivity index (χ4n) is 3.12. The summed E-state index contributed by atoms with van der Waals surface area (Å²) in [5, 5.41) is 8.96. The van der Waals surface area contributed by atoms with E-state index in [4.69, 9.17) is 5.11 Å². The van der Waals surface area contributed by atoms with E-state index in [2.05, 4.69) is 57.2 Å². The van der Waals surface area contributed by atoms with Gasteiger partial charge in [0.25, 0.3) is 0 Å². The molecule has 0 unspecified atom stereocenters. The molecular formula is C23H24O2S. The zero-order valence-corrected chi connectivity index (χ0v) is 16.3. The normalized spacial score (nSPS) is 16.5. The Bertz CT molecular complexity index is 874. The van der Waals surface area contributed by atoms with Crippen LogP contribution in [0.25, 0.3) is 12.2 Å². The molecule has 0 aromatic heterocycles. The molecule has 0 aliphatic carbocycles. The zero-order chi connectivity index (χ0) is 18.7. The van der Waals surface area contributed by atoms with E-state index >= 15 is 0 Å². The number of fused-ring (bicyclic) bond motifs is 1. The number of carboxylic acids is 1. The van der Waals surface area contributed by atoms with Gasteiger partial charge in [-0.05, 0) is 59.4 Å². The summed E-state index contributed by atoms with van der Waals surface area (Å²) in [4.78, 5) is 12.3. The lowest BCUT2D eigenvalue weighted by molar-refractivity contribution is 0.0697. The number of carboxylic acid groups (broad SMARTS) is 1. The van der Waals surface area contributed by atoms with E-state index in [9.17, 15) is 4.79 Å². The van der Waals surface area contributed by atoms with Gasteiger partial charge < -0.3 is 5.11 Å². The third-order valence-electron chi connectivity index (χ3n) is 4.81. The molecule has 2 aromatic rings. The van der Waals surface area contributed by atoms with Crippen molar-refractivity contribution in [1.82, 2.24) is 0 Å². The van der Waals surface area contributed by atoms with Crippen molar-refractivity contribution < 1.29 is 9.90 Å². The van der Waals surface area contributed by atoms with Crippen molar-refractivity contribution in [2.24, 2.45) is 0 Å². The van der Waals surface area contributed by atoms with Gasteiger partial charge in [0.1, 0.15) is 0 Å². The molecule has 2 aromatic carbocycles. The van der Waals surface area contributed by atoms with Gasteiger partial charge in [0.2, 0.25) is 0 Å². The van der Waals surface area contributed by atoms with E-state index in [1.165, 1.54) is 28.2 Å². The molecule has 0 amide bonds. The molecule has 0 radical (unpaired) electrons. The summed E-state index contributed by atoms with van der Waals surface area (Å²) in [7, 11) is 0. The fraction of sp³-hybridized carbons (Fsp3) is 0.261. The summed E-state index contributed by atoms with van der Waals surface area (Å²) in [5.41, 5.74) is 5.33. The molecule has 0 saturated heterocycles. The standard InChI is InChI=1S/C23H24O2S/c1-16(14-17-6-9-19(10-7-17)22(24)25)4-5-18-8-11-21-20(15-18)23(2,3)12-13-26-21/h4-11,14-15H,12-13H2,1-3H3,(H,24,25). The van der Waals surface area contributed by atoms with Gasteiger partial charge in [-0.2, -0.15) is 0 Å². The highest BCUT2D eigenvalue weighted by atomic mass is 32.2. The smallest absolute Gasteiger partial charge is 0.335 e. The second-order valence-electron chi connectivity index (χ2n) is 7.39. The first-order valence-corrected chi connectivity index (χ1v) is 9.81. The quantitative estimate of drug-likeness (QED) is 0.649. The first-order chi connectivity index (χ1) is 12.3. The van der Waals surface area contributed by atoms with Crippen LogP contribution in [0.3, 0.4) is 0 Å². The van der Waals surface area contributed by atoms with Crippen molar-refractivity contribution in [2.45, 2.75) is 37.5 Å². The third kappa shape index (κ3) is 4.28. The van der Waals surface area contributed by atoms with Crippen molar-refractivity contribution in [2.75, 3.05) is 5.75 Å². The highest BCUT2D eigenvalue weighted by molar-refractivity contribution is 7.99. The average Bonchev–Trinajstić information content (AvgIpc) is 2.60. The number of thioether (sulfide) groups is 1. The summed E-state index contributed by atoms with van der Waals surface area (Å²) >= 11 is 1.95. The molecule has 134 valence electrons. The van der Waals surface area contributed by atoms with E-state index in [1.807, 2.05) is 23.9 Å². The molecule has 1 N–H and O–H groups in total. The largest absolute Gasteiger partial charge is 0.478 e. The van der Waals surface area contributed by atoms with Crippen molar-refractivity contribution in [3.63, 3.8) is 0 Å². The van der Waals surface area contributed by atoms with Crippen LogP contribution >= 0.6 is 11.8 Å². The molecule has 0 atom stereocenters. The molecule has 0 bridgehead atoms. The fourth-order valence-corrected chi connectivity index (χ4v) is 4.60. The lowest BCUT2D eigenvalue weighted by Crippen LogP contribution is -2.22. The zero-order valence-electron chi connectivity index (χ0n) is 15.5. The van der Waals surface area contributed by atoms with Crippen LogP contribution in [-0.4, -0.2) is 16.8 Å². The SMILES string of the molecule is CC(C=Cc1ccc2c(c1)C(C)(C)CCS2)=Cc1ccc(C(=O)O)cc1. The van der Waals surface area contributed by atoms with Gasteiger partial charge in [0.05, 0.1) is 5.56 Å². The van der Waals surface area contributed by atoms with E-state index in [-0.39, 0.29) is 5.41 Å². The molecule has 1 aliphatic heterocycles. The number of benzene rings is 2. The van der Waals surface area contributed by atoms with Gasteiger partial charge in [0.15, 0.2) is 0 Å². The maximum Gasteiger partial charge on any atom is 0.335 e. The minimum atomic E-state index is -0.898. The molecule has 0 saturated carbocycles. The monoisotopic (exact) mass is 364 g/mol. The number of allylic oxidation sites excluding steroid dienone is 2. The second kappa shape index (κ2) is 7.55. The lowest BCUT2D eigenvalue weighted by Gasteiger charge is -2.32. The molecule has 3 heteroatoms. The van der Waals surface area contributed by atoms with E-state index in [0.29, 0.717) is 5.56 Å². The van der Waals surface area contributed by atoms with Crippen molar-refractivity contribution in [3.8, 4) is 0 Å². The number of carbonyl (C=O) groups is 1. The van der Waals surface area contributed by atoms with E-state index < -0.39 is 5.97 Å². The molecular weight excluding hydrogens is 340 g/mol. The van der Waals surface area contributed by atoms with Gasteiger partial charge in [-0.25, -0.2) is 4.79 Å². The molecule has 0 fully saturated rings. The molecule has 26 heavy (non-hydrogen) atoms. The second-order valence-corrected chi connectivity index (χ2v) is 8.52. The highest BCUT2D eigenvalue weighted by Gasteiger charge is 2.27. The van der Waals surface area contributed by atoms with Crippen molar-refractivity contribution in [3.05, 3.63) is 76.4 Å². The molecule has 0 spiro atoms. The first kappa shape index (κ1) is 18.5. The van der Waals surface area contributed by atoms with Gasteiger partial charge >= 0.3 is 5.97 Å². The van der Waals surface area contributed by atoms with Crippen LogP contribution in [0.15, 0.2) is 59.0 Å². The minimum Gasteiger partial charge on any atom is -0.478 e. The van der Waals surface area contributed by atoms with Crippen LogP contribution in [0.2, 0.25) is 0 Å². The van der Waals surface area contributed by atoms with E-state index in [0.717, 1.165) is 11.1 Å². The Balaban J connectivity index is 1.78. The lowest BCUT2D eigenvalue weighted by atomic mass is 9.81. The predicted molar refractivity (Wildman–Crippen MR) is 111 cm³/mol. The Labute approximate surface area is 159 Å². The Hall–Kier alpha value is -2.26. The van der Waals surface area contributed by atoms with Gasteiger partial charge in [-0.1, -0.05) is 61.9 Å². The minimum absolute atomic E-state index is 0.237. The molecule has 3 rings (SSSR count). The number of hydrogen-bond acceptors (Lipinski definition) is 2. The Kier molecular flexibility index (Phi) is 5.38. The van der Waals surface area contributed by atoms with Crippen LogP contribution < -0.4 is 0 Å². The van der Waals surface area contributed by atoms with Gasteiger partial charge in [0, 0.05) is 4.90 Å². The average molecular weight is 365 g/mol. The van der Waals surface area contributed by atoms with Gasteiger partial charge in [-0.3, -0.25) is 0 Å². The maximum absolute atomic E-state index is 10.9. The predicted octanol–water partition coefficient (Wildman–Crippen LogP) is 6.27. The highest BCUT2D eigenvalue weighted by Crippen LogP contribution is 2.41. The number of rotatable bonds is 4. The Morgan fingerprint density at radius 2 is 1.81 bits per heavy atom. The number of hydrogen-bond donors (Lipinski definition) is 1.